The monoisotopic (exact) mass is 389 g/mol. The lowest BCUT2D eigenvalue weighted by molar-refractivity contribution is -0.117. The van der Waals surface area contributed by atoms with Gasteiger partial charge in [-0.15, -0.1) is 0 Å². The number of carbonyl (C=O) groups excluding carboxylic acids is 2. The first-order chi connectivity index (χ1) is 14.0. The standard InChI is InChI=1S/C23H19NO5/c1-14-8-10-16(11-9-14)24-20(15-5-3-6-17(13-15)28-2)19(22(26)23(24)27)21(25)18-7-4-12-29-18/h3-13,20,26H,1-2H3. The summed E-state index contributed by atoms with van der Waals surface area (Å²) in [6, 6.07) is 16.7. The third-order valence-electron chi connectivity index (χ3n) is 4.92. The van der Waals surface area contributed by atoms with Crippen LogP contribution in [0.5, 0.6) is 5.75 Å². The minimum absolute atomic E-state index is 0.0289. The van der Waals surface area contributed by atoms with Crippen molar-refractivity contribution < 1.29 is 23.8 Å². The third-order valence-corrected chi connectivity index (χ3v) is 4.92. The SMILES string of the molecule is COc1cccc(C2C(C(=O)c3ccco3)=C(O)C(=O)N2c2ccc(C)cc2)c1. The first-order valence-electron chi connectivity index (χ1n) is 9.06. The molecule has 0 fully saturated rings. The van der Waals surface area contributed by atoms with E-state index in [0.717, 1.165) is 5.56 Å². The molecule has 1 aliphatic rings. The second-order valence-corrected chi connectivity index (χ2v) is 6.76. The second kappa shape index (κ2) is 7.31. The van der Waals surface area contributed by atoms with Gasteiger partial charge in [0.15, 0.2) is 11.5 Å². The summed E-state index contributed by atoms with van der Waals surface area (Å²) in [5, 5.41) is 10.7. The van der Waals surface area contributed by atoms with Crippen molar-refractivity contribution in [1.82, 2.24) is 0 Å². The lowest BCUT2D eigenvalue weighted by Crippen LogP contribution is -2.31. The van der Waals surface area contributed by atoms with Crippen LogP contribution in [0.3, 0.4) is 0 Å². The molecule has 0 saturated heterocycles. The molecule has 2 heterocycles. The van der Waals surface area contributed by atoms with Crippen LogP contribution in [0.25, 0.3) is 0 Å². The normalized spacial score (nSPS) is 16.4. The van der Waals surface area contributed by atoms with Crippen LogP contribution in [0.2, 0.25) is 0 Å². The molecule has 1 unspecified atom stereocenters. The molecule has 3 aromatic rings. The first kappa shape index (κ1) is 18.6. The summed E-state index contributed by atoms with van der Waals surface area (Å²) in [6.45, 7) is 1.94. The number of amides is 1. The molecule has 29 heavy (non-hydrogen) atoms. The van der Waals surface area contributed by atoms with Crippen LogP contribution in [0.1, 0.15) is 27.7 Å². The summed E-state index contributed by atoms with van der Waals surface area (Å²) in [6.07, 6.45) is 1.37. The van der Waals surface area contributed by atoms with E-state index >= 15 is 0 Å². The number of nitrogens with zero attached hydrogens (tertiary/aromatic N) is 1. The van der Waals surface area contributed by atoms with Gasteiger partial charge in [0.1, 0.15) is 5.75 Å². The van der Waals surface area contributed by atoms with Gasteiger partial charge in [0.25, 0.3) is 5.91 Å². The smallest absolute Gasteiger partial charge is 0.294 e. The number of hydrogen-bond donors (Lipinski definition) is 1. The van der Waals surface area contributed by atoms with Crippen LogP contribution < -0.4 is 9.64 Å². The summed E-state index contributed by atoms with van der Waals surface area (Å²) < 4.78 is 10.5. The quantitative estimate of drug-likeness (QED) is 0.655. The van der Waals surface area contributed by atoms with Crippen LogP contribution in [0.15, 0.2) is 82.7 Å². The van der Waals surface area contributed by atoms with E-state index in [9.17, 15) is 14.7 Å². The lowest BCUT2D eigenvalue weighted by Gasteiger charge is -2.27. The highest BCUT2D eigenvalue weighted by Gasteiger charge is 2.45. The van der Waals surface area contributed by atoms with Crippen molar-refractivity contribution in [2.24, 2.45) is 0 Å². The van der Waals surface area contributed by atoms with E-state index < -0.39 is 23.5 Å². The average molecular weight is 389 g/mol. The number of Topliss-reactive ketones (excluding diaryl/α,β-unsaturated/α-hetero) is 1. The molecule has 0 spiro atoms. The Morgan fingerprint density at radius 1 is 1.10 bits per heavy atom. The number of furan rings is 1. The van der Waals surface area contributed by atoms with Crippen molar-refractivity contribution >= 4 is 17.4 Å². The van der Waals surface area contributed by atoms with Gasteiger partial charge in [0.05, 0.1) is 25.0 Å². The molecule has 2 aromatic carbocycles. The number of carbonyl (C=O) groups is 2. The highest BCUT2D eigenvalue weighted by molar-refractivity contribution is 6.20. The zero-order valence-corrected chi connectivity index (χ0v) is 16.0. The predicted octanol–water partition coefficient (Wildman–Crippen LogP) is 4.38. The number of rotatable bonds is 5. The fourth-order valence-corrected chi connectivity index (χ4v) is 3.48. The number of aryl methyl sites for hydroxylation is 1. The van der Waals surface area contributed by atoms with Crippen LogP contribution in [0.4, 0.5) is 5.69 Å². The highest BCUT2D eigenvalue weighted by atomic mass is 16.5. The fourth-order valence-electron chi connectivity index (χ4n) is 3.48. The van der Waals surface area contributed by atoms with Crippen molar-refractivity contribution in [3.05, 3.63) is 95.1 Å². The summed E-state index contributed by atoms with van der Waals surface area (Å²) in [7, 11) is 1.54. The van der Waals surface area contributed by atoms with Gasteiger partial charge >= 0.3 is 0 Å². The maximum absolute atomic E-state index is 13.1. The topological polar surface area (TPSA) is 80.0 Å². The Balaban J connectivity index is 1.89. The zero-order valence-electron chi connectivity index (χ0n) is 16.0. The molecule has 1 amide bonds. The van der Waals surface area contributed by atoms with E-state index in [1.165, 1.54) is 17.2 Å². The molecule has 0 bridgehead atoms. The third kappa shape index (κ3) is 3.18. The molecule has 1 aromatic heterocycles. The van der Waals surface area contributed by atoms with Crippen LogP contribution in [0, 0.1) is 6.92 Å². The average Bonchev–Trinajstić information content (AvgIpc) is 3.36. The van der Waals surface area contributed by atoms with Crippen molar-refractivity contribution in [2.45, 2.75) is 13.0 Å². The van der Waals surface area contributed by atoms with Gasteiger partial charge in [-0.25, -0.2) is 0 Å². The van der Waals surface area contributed by atoms with E-state index in [-0.39, 0.29) is 11.3 Å². The molecule has 1 N–H and O–H groups in total. The number of benzene rings is 2. The summed E-state index contributed by atoms with van der Waals surface area (Å²) in [4.78, 5) is 27.5. The van der Waals surface area contributed by atoms with Gasteiger partial charge in [-0.3, -0.25) is 14.5 Å². The van der Waals surface area contributed by atoms with E-state index in [1.54, 1.807) is 49.6 Å². The summed E-state index contributed by atoms with van der Waals surface area (Å²) in [5.74, 6) is -1.13. The Bertz CT molecular complexity index is 1100. The maximum Gasteiger partial charge on any atom is 0.294 e. The van der Waals surface area contributed by atoms with Crippen molar-refractivity contribution in [3.63, 3.8) is 0 Å². The molecule has 0 aliphatic carbocycles. The number of aliphatic hydroxyl groups is 1. The zero-order chi connectivity index (χ0) is 20.5. The number of methoxy groups -OCH3 is 1. The molecule has 0 radical (unpaired) electrons. The number of hydrogen-bond acceptors (Lipinski definition) is 5. The summed E-state index contributed by atoms with van der Waals surface area (Å²) >= 11 is 0. The Hall–Kier alpha value is -3.80. The number of ketones is 1. The second-order valence-electron chi connectivity index (χ2n) is 6.76. The van der Waals surface area contributed by atoms with Gasteiger partial charge < -0.3 is 14.3 Å². The molecule has 6 heteroatoms. The Morgan fingerprint density at radius 2 is 1.86 bits per heavy atom. The van der Waals surface area contributed by atoms with Crippen LogP contribution in [-0.4, -0.2) is 23.9 Å². The predicted molar refractivity (Wildman–Crippen MR) is 107 cm³/mol. The number of ether oxygens (including phenoxy) is 1. The van der Waals surface area contributed by atoms with Crippen molar-refractivity contribution in [2.75, 3.05) is 12.0 Å². The molecular formula is C23H19NO5. The largest absolute Gasteiger partial charge is 0.503 e. The first-order valence-corrected chi connectivity index (χ1v) is 9.06. The number of aliphatic hydroxyl groups excluding tert-OH is 1. The highest BCUT2D eigenvalue weighted by Crippen LogP contribution is 2.42. The Morgan fingerprint density at radius 3 is 2.52 bits per heavy atom. The minimum atomic E-state index is -0.821. The number of anilines is 1. The Kier molecular flexibility index (Phi) is 4.68. The molecule has 0 saturated carbocycles. The Labute approximate surface area is 167 Å². The van der Waals surface area contributed by atoms with Gasteiger partial charge in [0.2, 0.25) is 5.78 Å². The molecule has 1 aliphatic heterocycles. The fraction of sp³-hybridized carbons (Fsp3) is 0.130. The van der Waals surface area contributed by atoms with Crippen molar-refractivity contribution in [3.8, 4) is 5.75 Å². The molecule has 4 rings (SSSR count). The van der Waals surface area contributed by atoms with Gasteiger partial charge in [0, 0.05) is 5.69 Å². The lowest BCUT2D eigenvalue weighted by atomic mass is 9.94. The molecule has 1 atom stereocenters. The van der Waals surface area contributed by atoms with E-state index in [1.807, 2.05) is 19.1 Å². The summed E-state index contributed by atoms with van der Waals surface area (Å²) in [5.41, 5.74) is 2.21. The maximum atomic E-state index is 13.1. The van der Waals surface area contributed by atoms with Gasteiger partial charge in [-0.2, -0.15) is 0 Å². The molecule has 146 valence electrons. The van der Waals surface area contributed by atoms with Gasteiger partial charge in [-0.05, 0) is 48.9 Å². The van der Waals surface area contributed by atoms with E-state index in [4.69, 9.17) is 9.15 Å². The van der Waals surface area contributed by atoms with Crippen molar-refractivity contribution in [1.29, 1.82) is 0 Å². The molecule has 6 nitrogen and oxygen atoms in total. The van der Waals surface area contributed by atoms with Crippen LogP contribution in [-0.2, 0) is 4.79 Å². The van der Waals surface area contributed by atoms with Gasteiger partial charge in [-0.1, -0.05) is 29.8 Å². The minimum Gasteiger partial charge on any atom is -0.503 e. The van der Waals surface area contributed by atoms with E-state index in [0.29, 0.717) is 17.0 Å². The molecular weight excluding hydrogens is 370 g/mol. The van der Waals surface area contributed by atoms with E-state index in [2.05, 4.69) is 0 Å². The van der Waals surface area contributed by atoms with Crippen LogP contribution >= 0.6 is 0 Å².